The van der Waals surface area contributed by atoms with Gasteiger partial charge >= 0.3 is 0 Å². The van der Waals surface area contributed by atoms with Crippen molar-refractivity contribution < 1.29 is 4.79 Å². The smallest absolute Gasteiger partial charge is 0.126 e. The first-order valence-electron chi connectivity index (χ1n) is 3.27. The van der Waals surface area contributed by atoms with E-state index in [0.29, 0.717) is 0 Å². The van der Waals surface area contributed by atoms with Crippen LogP contribution in [0.1, 0.15) is 26.7 Å². The minimum atomic E-state index is -0.0972. The lowest BCUT2D eigenvalue weighted by atomic mass is 9.87. The van der Waals surface area contributed by atoms with Gasteiger partial charge in [-0.1, -0.05) is 29.8 Å². The predicted octanol–water partition coefficient (Wildman–Crippen LogP) is 2.39. The molecule has 0 radical (unpaired) electrons. The topological polar surface area (TPSA) is 17.1 Å². The van der Waals surface area contributed by atoms with E-state index < -0.39 is 0 Å². The van der Waals surface area contributed by atoms with Crippen LogP contribution in [-0.2, 0) is 4.79 Å². The lowest BCUT2D eigenvalue weighted by Gasteiger charge is -2.20. The monoisotopic (exact) mass is 192 g/mol. The minimum absolute atomic E-state index is 0.0972. The standard InChI is InChI=1S/C7H13BrO/c1-3-7(4-2,5-8)6-9/h6H,3-5H2,1-2H3. The molecule has 0 aliphatic rings. The molecule has 0 bridgehead atoms. The van der Waals surface area contributed by atoms with Crippen molar-refractivity contribution in [3.05, 3.63) is 0 Å². The average molecular weight is 193 g/mol. The summed E-state index contributed by atoms with van der Waals surface area (Å²) < 4.78 is 0. The summed E-state index contributed by atoms with van der Waals surface area (Å²) in [5.74, 6) is 0. The zero-order chi connectivity index (χ0) is 7.33. The van der Waals surface area contributed by atoms with Crippen LogP contribution in [0.2, 0.25) is 0 Å². The molecule has 9 heavy (non-hydrogen) atoms. The lowest BCUT2D eigenvalue weighted by Crippen LogP contribution is -2.21. The van der Waals surface area contributed by atoms with Gasteiger partial charge in [-0.25, -0.2) is 0 Å². The number of hydrogen-bond acceptors (Lipinski definition) is 1. The maximum absolute atomic E-state index is 10.5. The molecule has 0 atom stereocenters. The Morgan fingerprint density at radius 1 is 1.44 bits per heavy atom. The van der Waals surface area contributed by atoms with Gasteiger partial charge in [-0.05, 0) is 12.8 Å². The Bertz CT molecular complexity index is 78.7. The molecule has 1 nitrogen and oxygen atoms in total. The van der Waals surface area contributed by atoms with Gasteiger partial charge in [-0.2, -0.15) is 0 Å². The van der Waals surface area contributed by atoms with Gasteiger partial charge in [0.05, 0.1) is 0 Å². The molecule has 0 N–H and O–H groups in total. The maximum atomic E-state index is 10.5. The number of rotatable bonds is 4. The first kappa shape index (κ1) is 9.15. The molecule has 0 amide bonds. The fraction of sp³-hybridized carbons (Fsp3) is 0.857. The van der Waals surface area contributed by atoms with Crippen molar-refractivity contribution in [2.45, 2.75) is 26.7 Å². The number of aldehydes is 1. The largest absolute Gasteiger partial charge is 0.303 e. The quantitative estimate of drug-likeness (QED) is 0.494. The molecule has 0 saturated carbocycles. The van der Waals surface area contributed by atoms with E-state index in [0.717, 1.165) is 24.5 Å². The van der Waals surface area contributed by atoms with E-state index in [9.17, 15) is 4.79 Å². The van der Waals surface area contributed by atoms with Crippen molar-refractivity contribution in [1.82, 2.24) is 0 Å². The van der Waals surface area contributed by atoms with E-state index in [1.165, 1.54) is 0 Å². The van der Waals surface area contributed by atoms with Crippen LogP contribution in [0.25, 0.3) is 0 Å². The number of halogens is 1. The number of carbonyl (C=O) groups is 1. The third-order valence-corrected chi connectivity index (χ3v) is 3.04. The second-order valence-electron chi connectivity index (χ2n) is 2.32. The molecule has 0 unspecified atom stereocenters. The van der Waals surface area contributed by atoms with E-state index in [4.69, 9.17) is 0 Å². The maximum Gasteiger partial charge on any atom is 0.126 e. The average Bonchev–Trinajstić information content (AvgIpc) is 1.95. The number of carbonyl (C=O) groups excluding carboxylic acids is 1. The van der Waals surface area contributed by atoms with Crippen molar-refractivity contribution in [3.8, 4) is 0 Å². The third-order valence-electron chi connectivity index (χ3n) is 1.92. The molecule has 2 heteroatoms. The van der Waals surface area contributed by atoms with Crippen molar-refractivity contribution >= 4 is 22.2 Å². The Hall–Kier alpha value is 0.150. The van der Waals surface area contributed by atoms with Crippen LogP contribution in [0, 0.1) is 5.41 Å². The second kappa shape index (κ2) is 4.04. The summed E-state index contributed by atoms with van der Waals surface area (Å²) in [7, 11) is 0. The van der Waals surface area contributed by atoms with Crippen LogP contribution in [0.3, 0.4) is 0 Å². The normalized spacial score (nSPS) is 11.4. The highest BCUT2D eigenvalue weighted by molar-refractivity contribution is 9.09. The minimum Gasteiger partial charge on any atom is -0.303 e. The molecule has 0 heterocycles. The third kappa shape index (κ3) is 2.09. The van der Waals surface area contributed by atoms with Crippen molar-refractivity contribution in [2.24, 2.45) is 5.41 Å². The summed E-state index contributed by atoms with van der Waals surface area (Å²) in [4.78, 5) is 10.5. The van der Waals surface area contributed by atoms with Gasteiger partial charge in [0.25, 0.3) is 0 Å². The molecule has 0 rings (SSSR count). The van der Waals surface area contributed by atoms with Gasteiger partial charge in [0.2, 0.25) is 0 Å². The molecule has 0 saturated heterocycles. The highest BCUT2D eigenvalue weighted by atomic mass is 79.9. The predicted molar refractivity (Wildman–Crippen MR) is 42.9 cm³/mol. The van der Waals surface area contributed by atoms with Gasteiger partial charge in [0.1, 0.15) is 6.29 Å². The van der Waals surface area contributed by atoms with Crippen molar-refractivity contribution in [1.29, 1.82) is 0 Å². The summed E-state index contributed by atoms with van der Waals surface area (Å²) in [5.41, 5.74) is -0.0972. The zero-order valence-electron chi connectivity index (χ0n) is 5.98. The highest BCUT2D eigenvalue weighted by Crippen LogP contribution is 2.25. The van der Waals surface area contributed by atoms with Gasteiger partial charge in [0, 0.05) is 10.7 Å². The second-order valence-corrected chi connectivity index (χ2v) is 2.88. The van der Waals surface area contributed by atoms with Gasteiger partial charge in [-0.3, -0.25) is 0 Å². The van der Waals surface area contributed by atoms with Crippen molar-refractivity contribution in [3.63, 3.8) is 0 Å². The lowest BCUT2D eigenvalue weighted by molar-refractivity contribution is -0.115. The van der Waals surface area contributed by atoms with Gasteiger partial charge < -0.3 is 4.79 Å². The summed E-state index contributed by atoms with van der Waals surface area (Å²) in [5, 5.41) is 0.788. The molecule has 0 aliphatic carbocycles. The molecule has 54 valence electrons. The zero-order valence-corrected chi connectivity index (χ0v) is 7.57. The molecule has 0 aromatic heterocycles. The van der Waals surface area contributed by atoms with E-state index in [1.807, 2.05) is 13.8 Å². The molecule has 0 aromatic carbocycles. The fourth-order valence-electron chi connectivity index (χ4n) is 0.637. The van der Waals surface area contributed by atoms with Crippen LogP contribution in [0.4, 0.5) is 0 Å². The van der Waals surface area contributed by atoms with E-state index in [-0.39, 0.29) is 5.41 Å². The molecular weight excluding hydrogens is 180 g/mol. The summed E-state index contributed by atoms with van der Waals surface area (Å²) in [6, 6.07) is 0. The van der Waals surface area contributed by atoms with Crippen LogP contribution in [0.5, 0.6) is 0 Å². The van der Waals surface area contributed by atoms with E-state index in [1.54, 1.807) is 0 Å². The van der Waals surface area contributed by atoms with E-state index in [2.05, 4.69) is 15.9 Å². The molecular formula is C7H13BrO. The Balaban J connectivity index is 3.98. The summed E-state index contributed by atoms with van der Waals surface area (Å²) in [6.07, 6.45) is 2.91. The van der Waals surface area contributed by atoms with Crippen LogP contribution < -0.4 is 0 Å². The van der Waals surface area contributed by atoms with Crippen LogP contribution in [0.15, 0.2) is 0 Å². The van der Waals surface area contributed by atoms with Crippen LogP contribution in [-0.4, -0.2) is 11.6 Å². The fourth-order valence-corrected chi connectivity index (χ4v) is 1.56. The van der Waals surface area contributed by atoms with Gasteiger partial charge in [-0.15, -0.1) is 0 Å². The van der Waals surface area contributed by atoms with Gasteiger partial charge in [0.15, 0.2) is 0 Å². The first-order valence-corrected chi connectivity index (χ1v) is 4.39. The molecule has 0 aliphatic heterocycles. The Kier molecular flexibility index (Phi) is 4.11. The molecule has 0 spiro atoms. The SMILES string of the molecule is CCC(C=O)(CC)CBr. The Morgan fingerprint density at radius 2 is 1.89 bits per heavy atom. The Morgan fingerprint density at radius 3 is 1.89 bits per heavy atom. The first-order chi connectivity index (χ1) is 4.24. The van der Waals surface area contributed by atoms with Crippen molar-refractivity contribution in [2.75, 3.05) is 5.33 Å². The molecule has 0 fully saturated rings. The number of alkyl halides is 1. The molecule has 0 aromatic rings. The van der Waals surface area contributed by atoms with E-state index >= 15 is 0 Å². The highest BCUT2D eigenvalue weighted by Gasteiger charge is 2.22. The number of hydrogen-bond donors (Lipinski definition) is 0. The summed E-state index contributed by atoms with van der Waals surface area (Å²) >= 11 is 3.32. The Labute approximate surface area is 65.0 Å². The summed E-state index contributed by atoms with van der Waals surface area (Å²) in [6.45, 7) is 4.08. The van der Waals surface area contributed by atoms with Crippen LogP contribution >= 0.6 is 15.9 Å².